The number of carboxylic acids is 1. The number of hydrogen-bond acceptors (Lipinski definition) is 6. The van der Waals surface area contributed by atoms with Crippen LogP contribution < -0.4 is 10.6 Å². The van der Waals surface area contributed by atoms with Crippen LogP contribution in [0.4, 0.5) is 19.0 Å². The fourth-order valence-electron chi connectivity index (χ4n) is 4.43. The van der Waals surface area contributed by atoms with E-state index >= 15 is 0 Å². The lowest BCUT2D eigenvalue weighted by Crippen LogP contribution is -2.41. The minimum atomic E-state index is -4.70. The van der Waals surface area contributed by atoms with E-state index in [1.54, 1.807) is 0 Å². The molecule has 1 saturated carbocycles. The number of carbonyl (C=O) groups excluding carboxylic acids is 1. The van der Waals surface area contributed by atoms with Gasteiger partial charge in [0.25, 0.3) is 0 Å². The first kappa shape index (κ1) is 23.9. The van der Waals surface area contributed by atoms with Gasteiger partial charge >= 0.3 is 12.1 Å². The summed E-state index contributed by atoms with van der Waals surface area (Å²) in [6.45, 7) is 0.935. The average molecular weight is 477 g/mol. The van der Waals surface area contributed by atoms with Crippen molar-refractivity contribution in [3.05, 3.63) is 47.2 Å². The Morgan fingerprint density at radius 3 is 2.62 bits per heavy atom. The maximum absolute atomic E-state index is 12.7. The number of pyridine rings is 1. The van der Waals surface area contributed by atoms with Crippen LogP contribution in [0.25, 0.3) is 0 Å². The zero-order valence-corrected chi connectivity index (χ0v) is 18.4. The molecule has 0 spiro atoms. The van der Waals surface area contributed by atoms with E-state index in [-0.39, 0.29) is 17.4 Å². The van der Waals surface area contributed by atoms with Gasteiger partial charge in [-0.15, -0.1) is 0 Å². The van der Waals surface area contributed by atoms with Crippen LogP contribution in [0.3, 0.4) is 0 Å². The minimum Gasteiger partial charge on any atom is -0.481 e. The number of halogens is 3. The monoisotopic (exact) mass is 477 g/mol. The highest BCUT2D eigenvalue weighted by Crippen LogP contribution is 2.37. The van der Waals surface area contributed by atoms with Gasteiger partial charge in [0.05, 0.1) is 12.5 Å². The molecule has 1 amide bonds. The molecule has 0 aromatic carbocycles. The van der Waals surface area contributed by atoms with Crippen molar-refractivity contribution in [1.82, 2.24) is 20.3 Å². The molecule has 34 heavy (non-hydrogen) atoms. The maximum atomic E-state index is 12.7. The Hall–Kier alpha value is -3.24. The fourth-order valence-corrected chi connectivity index (χ4v) is 4.43. The van der Waals surface area contributed by atoms with Crippen molar-refractivity contribution >= 4 is 17.7 Å². The fraction of sp³-hybridized carbons (Fsp3) is 0.522. The number of aliphatic carboxylic acids is 1. The molecule has 11 heteroatoms. The van der Waals surface area contributed by atoms with Crippen molar-refractivity contribution in [2.75, 3.05) is 11.9 Å². The first-order chi connectivity index (χ1) is 16.2. The van der Waals surface area contributed by atoms with E-state index in [9.17, 15) is 22.8 Å². The molecule has 4 rings (SSSR count). The van der Waals surface area contributed by atoms with Crippen molar-refractivity contribution in [2.45, 2.75) is 57.2 Å². The SMILES string of the molecule is O=C(O)CC(NC(=O)[C@H]1C[C@H](CCc2ccc3c(n2)NCCC3)C1)c1cnc(C(F)(F)F)nc1. The number of nitrogens with one attached hydrogen (secondary N) is 2. The highest BCUT2D eigenvalue weighted by atomic mass is 19.4. The molecule has 2 aliphatic rings. The van der Waals surface area contributed by atoms with E-state index in [1.807, 2.05) is 0 Å². The molecule has 182 valence electrons. The van der Waals surface area contributed by atoms with Gasteiger partial charge in [-0.1, -0.05) is 6.07 Å². The molecule has 2 aromatic rings. The lowest BCUT2D eigenvalue weighted by Gasteiger charge is -2.35. The smallest absolute Gasteiger partial charge is 0.451 e. The van der Waals surface area contributed by atoms with E-state index in [0.29, 0.717) is 18.8 Å². The molecule has 1 fully saturated rings. The van der Waals surface area contributed by atoms with E-state index in [1.165, 1.54) is 5.56 Å². The molecule has 8 nitrogen and oxygen atoms in total. The summed E-state index contributed by atoms with van der Waals surface area (Å²) >= 11 is 0. The summed E-state index contributed by atoms with van der Waals surface area (Å²) in [5.41, 5.74) is 2.38. The van der Waals surface area contributed by atoms with Gasteiger partial charge in [0.2, 0.25) is 11.7 Å². The first-order valence-electron chi connectivity index (χ1n) is 11.3. The second-order valence-electron chi connectivity index (χ2n) is 8.91. The highest BCUT2D eigenvalue weighted by molar-refractivity contribution is 5.80. The standard InChI is InChI=1S/C23H26F3N5O3/c24-23(25,26)22-28-11-16(12-29-22)18(10-19(32)33)31-21(34)15-8-13(9-15)3-5-17-6-4-14-2-1-7-27-20(14)30-17/h4,6,11-13,15,18H,1-3,5,7-10H2,(H,27,30)(H,31,34)(H,32,33)/t13-,15-,18?. The van der Waals surface area contributed by atoms with Gasteiger partial charge in [-0.05, 0) is 56.1 Å². The molecular weight excluding hydrogens is 451 g/mol. The molecule has 3 N–H and O–H groups in total. The number of aryl methyl sites for hydroxylation is 2. The topological polar surface area (TPSA) is 117 Å². The summed E-state index contributed by atoms with van der Waals surface area (Å²) in [5.74, 6) is -1.74. The van der Waals surface area contributed by atoms with Crippen LogP contribution in [0.5, 0.6) is 0 Å². The van der Waals surface area contributed by atoms with E-state index in [4.69, 9.17) is 10.1 Å². The molecule has 1 aliphatic heterocycles. The molecular formula is C23H26F3N5O3. The Morgan fingerprint density at radius 1 is 1.21 bits per heavy atom. The molecule has 1 aliphatic carbocycles. The molecule has 0 bridgehead atoms. The zero-order valence-electron chi connectivity index (χ0n) is 18.4. The predicted octanol–water partition coefficient (Wildman–Crippen LogP) is 3.54. The Labute approximate surface area is 194 Å². The number of fused-ring (bicyclic) bond motifs is 1. The van der Waals surface area contributed by atoms with Crippen LogP contribution in [0.15, 0.2) is 24.5 Å². The Kier molecular flexibility index (Phi) is 6.99. The lowest BCUT2D eigenvalue weighted by molar-refractivity contribution is -0.145. The Bertz CT molecular complexity index is 1040. The molecule has 1 atom stereocenters. The number of nitrogens with zero attached hydrogens (tertiary/aromatic N) is 3. The largest absolute Gasteiger partial charge is 0.481 e. The maximum Gasteiger partial charge on any atom is 0.451 e. The highest BCUT2D eigenvalue weighted by Gasteiger charge is 2.37. The van der Waals surface area contributed by atoms with Crippen LogP contribution in [-0.2, 0) is 28.6 Å². The van der Waals surface area contributed by atoms with Gasteiger partial charge in [0.15, 0.2) is 0 Å². The quantitative estimate of drug-likeness (QED) is 0.532. The van der Waals surface area contributed by atoms with Crippen molar-refractivity contribution in [1.29, 1.82) is 0 Å². The van der Waals surface area contributed by atoms with E-state index < -0.39 is 30.4 Å². The summed E-state index contributed by atoms with van der Waals surface area (Å²) < 4.78 is 38.1. The number of alkyl halides is 3. The minimum absolute atomic E-state index is 0.117. The van der Waals surface area contributed by atoms with Crippen LogP contribution in [0, 0.1) is 11.8 Å². The number of amides is 1. The van der Waals surface area contributed by atoms with Crippen LogP contribution in [-0.4, -0.2) is 38.5 Å². The molecule has 3 heterocycles. The third-order valence-corrected chi connectivity index (χ3v) is 6.39. The van der Waals surface area contributed by atoms with Gasteiger partial charge in [-0.2, -0.15) is 13.2 Å². The summed E-state index contributed by atoms with van der Waals surface area (Å²) in [4.78, 5) is 35.1. The van der Waals surface area contributed by atoms with E-state index in [2.05, 4.69) is 32.7 Å². The summed E-state index contributed by atoms with van der Waals surface area (Å²) in [5, 5.41) is 15.1. The van der Waals surface area contributed by atoms with Gasteiger partial charge < -0.3 is 15.7 Å². The van der Waals surface area contributed by atoms with Crippen LogP contribution in [0.1, 0.15) is 60.8 Å². The second kappa shape index (κ2) is 9.94. The number of carboxylic acid groups (broad SMARTS) is 1. The number of carbonyl (C=O) groups is 2. The number of rotatable bonds is 8. The van der Waals surface area contributed by atoms with Crippen molar-refractivity contribution < 1.29 is 27.9 Å². The average Bonchev–Trinajstić information content (AvgIpc) is 2.76. The van der Waals surface area contributed by atoms with Crippen molar-refractivity contribution in [3.8, 4) is 0 Å². The van der Waals surface area contributed by atoms with Crippen LogP contribution >= 0.6 is 0 Å². The second-order valence-corrected chi connectivity index (χ2v) is 8.91. The molecule has 1 unspecified atom stereocenters. The van der Waals surface area contributed by atoms with Gasteiger partial charge in [-0.25, -0.2) is 15.0 Å². The van der Waals surface area contributed by atoms with Gasteiger partial charge in [-0.3, -0.25) is 9.59 Å². The first-order valence-corrected chi connectivity index (χ1v) is 11.3. The van der Waals surface area contributed by atoms with Gasteiger partial charge in [0.1, 0.15) is 5.82 Å². The van der Waals surface area contributed by atoms with E-state index in [0.717, 1.165) is 56.1 Å². The summed E-state index contributed by atoms with van der Waals surface area (Å²) in [6.07, 6.45) is 1.87. The van der Waals surface area contributed by atoms with Crippen molar-refractivity contribution in [2.24, 2.45) is 11.8 Å². The normalized spacial score (nSPS) is 20.4. The number of aromatic nitrogens is 3. The Balaban J connectivity index is 1.28. The molecule has 2 aromatic heterocycles. The predicted molar refractivity (Wildman–Crippen MR) is 116 cm³/mol. The third-order valence-electron chi connectivity index (χ3n) is 6.39. The zero-order chi connectivity index (χ0) is 24.3. The molecule has 0 radical (unpaired) electrons. The number of anilines is 1. The van der Waals surface area contributed by atoms with Crippen LogP contribution in [0.2, 0.25) is 0 Å². The number of hydrogen-bond donors (Lipinski definition) is 3. The lowest BCUT2D eigenvalue weighted by atomic mass is 9.72. The van der Waals surface area contributed by atoms with Gasteiger partial charge in [0, 0.05) is 36.1 Å². The summed E-state index contributed by atoms with van der Waals surface area (Å²) in [7, 11) is 0. The van der Waals surface area contributed by atoms with Crippen molar-refractivity contribution in [3.63, 3.8) is 0 Å². The summed E-state index contributed by atoms with van der Waals surface area (Å²) in [6, 6.07) is 3.17. The Morgan fingerprint density at radius 2 is 1.94 bits per heavy atom. The molecule has 0 saturated heterocycles. The third kappa shape index (κ3) is 5.81.